The van der Waals surface area contributed by atoms with Gasteiger partial charge < -0.3 is 5.32 Å². The van der Waals surface area contributed by atoms with Crippen LogP contribution in [0, 0.1) is 5.92 Å². The lowest BCUT2D eigenvalue weighted by Gasteiger charge is -2.23. The highest BCUT2D eigenvalue weighted by Crippen LogP contribution is 2.23. The second-order valence-corrected chi connectivity index (χ2v) is 5.16. The quantitative estimate of drug-likeness (QED) is 0.833. The molecule has 1 aromatic carbocycles. The van der Waals surface area contributed by atoms with Crippen molar-refractivity contribution in [3.05, 3.63) is 35.9 Å². The van der Waals surface area contributed by atoms with E-state index in [4.69, 9.17) is 0 Å². The number of piperidine rings is 1. The average Bonchev–Trinajstić information content (AvgIpc) is 2.60. The molecule has 1 N–H and O–H groups in total. The molecule has 3 fully saturated rings. The van der Waals surface area contributed by atoms with Crippen molar-refractivity contribution in [1.82, 2.24) is 10.2 Å². The number of hydrogen-bond donors (Lipinski definition) is 1. The van der Waals surface area contributed by atoms with E-state index in [9.17, 15) is 4.79 Å². The fourth-order valence-electron chi connectivity index (χ4n) is 2.90. The Morgan fingerprint density at radius 2 is 2.00 bits per heavy atom. The molecule has 3 nitrogen and oxygen atoms in total. The molecule has 3 heteroatoms. The van der Waals surface area contributed by atoms with Gasteiger partial charge in [-0.1, -0.05) is 30.3 Å². The van der Waals surface area contributed by atoms with E-state index in [-0.39, 0.29) is 11.8 Å². The standard InChI is InChI=1S/C14H18N2O/c17-14-12-6-7-13(15-14)10-16(9-12)8-11-4-2-1-3-5-11/h1-5,12-13H,6-10H2,(H,15,17). The summed E-state index contributed by atoms with van der Waals surface area (Å²) in [5.74, 6) is 0.467. The average molecular weight is 230 g/mol. The molecule has 2 bridgehead atoms. The van der Waals surface area contributed by atoms with Crippen LogP contribution in [0.3, 0.4) is 0 Å². The second-order valence-electron chi connectivity index (χ2n) is 5.16. The van der Waals surface area contributed by atoms with Crippen LogP contribution in [0.4, 0.5) is 0 Å². The number of benzene rings is 1. The molecule has 3 heterocycles. The Kier molecular flexibility index (Phi) is 2.85. The monoisotopic (exact) mass is 230 g/mol. The Balaban J connectivity index is 1.71. The lowest BCUT2D eigenvalue weighted by molar-refractivity contribution is -0.126. The normalized spacial score (nSPS) is 28.8. The molecule has 1 aromatic rings. The van der Waals surface area contributed by atoms with Crippen LogP contribution in [0.5, 0.6) is 0 Å². The van der Waals surface area contributed by atoms with Gasteiger partial charge in [-0.2, -0.15) is 0 Å². The molecular weight excluding hydrogens is 212 g/mol. The van der Waals surface area contributed by atoms with Crippen LogP contribution in [0.25, 0.3) is 0 Å². The molecule has 2 atom stereocenters. The summed E-state index contributed by atoms with van der Waals surface area (Å²) in [5.41, 5.74) is 1.33. The van der Waals surface area contributed by atoms with Gasteiger partial charge in [-0.15, -0.1) is 0 Å². The van der Waals surface area contributed by atoms with E-state index in [0.717, 1.165) is 32.5 Å². The molecule has 0 spiro atoms. The Hall–Kier alpha value is -1.35. The van der Waals surface area contributed by atoms with Gasteiger partial charge in [0.2, 0.25) is 5.91 Å². The van der Waals surface area contributed by atoms with Gasteiger partial charge in [0.15, 0.2) is 0 Å². The first kappa shape index (κ1) is 10.8. The largest absolute Gasteiger partial charge is 0.352 e. The van der Waals surface area contributed by atoms with Crippen LogP contribution in [-0.4, -0.2) is 29.9 Å². The lowest BCUT2D eigenvalue weighted by atomic mass is 9.96. The third-order valence-corrected chi connectivity index (χ3v) is 3.79. The van der Waals surface area contributed by atoms with Gasteiger partial charge in [0.25, 0.3) is 0 Å². The minimum Gasteiger partial charge on any atom is -0.352 e. The van der Waals surface area contributed by atoms with E-state index in [2.05, 4.69) is 34.5 Å². The molecule has 3 aliphatic rings. The first-order chi connectivity index (χ1) is 8.31. The van der Waals surface area contributed by atoms with E-state index in [0.29, 0.717) is 6.04 Å². The summed E-state index contributed by atoms with van der Waals surface area (Å²) in [6.07, 6.45) is 2.20. The van der Waals surface area contributed by atoms with Crippen molar-refractivity contribution in [3.63, 3.8) is 0 Å². The molecule has 0 aliphatic carbocycles. The van der Waals surface area contributed by atoms with E-state index in [1.807, 2.05) is 6.07 Å². The van der Waals surface area contributed by atoms with Crippen molar-refractivity contribution < 1.29 is 4.79 Å². The SMILES string of the molecule is O=C1NC2CCC1CN(Cc1ccccc1)C2. The van der Waals surface area contributed by atoms with E-state index in [1.165, 1.54) is 5.56 Å². The number of amides is 1. The maximum atomic E-state index is 11.7. The van der Waals surface area contributed by atoms with Crippen molar-refractivity contribution in [2.45, 2.75) is 25.4 Å². The van der Waals surface area contributed by atoms with Crippen molar-refractivity contribution in [3.8, 4) is 0 Å². The summed E-state index contributed by atoms with van der Waals surface area (Å²) in [7, 11) is 0. The molecule has 0 aromatic heterocycles. The smallest absolute Gasteiger partial charge is 0.224 e. The molecule has 0 saturated carbocycles. The number of nitrogens with zero attached hydrogens (tertiary/aromatic N) is 1. The zero-order chi connectivity index (χ0) is 11.7. The fraction of sp³-hybridized carbons (Fsp3) is 0.500. The topological polar surface area (TPSA) is 32.3 Å². The Bertz CT molecular complexity index is 404. The number of rotatable bonds is 2. The number of nitrogens with one attached hydrogen (secondary N) is 1. The maximum absolute atomic E-state index is 11.7. The van der Waals surface area contributed by atoms with Gasteiger partial charge in [0.1, 0.15) is 0 Å². The van der Waals surface area contributed by atoms with E-state index in [1.54, 1.807) is 0 Å². The first-order valence-electron chi connectivity index (χ1n) is 6.38. The summed E-state index contributed by atoms with van der Waals surface area (Å²) in [6.45, 7) is 2.87. The van der Waals surface area contributed by atoms with Crippen molar-refractivity contribution >= 4 is 5.91 Å². The highest BCUT2D eigenvalue weighted by molar-refractivity contribution is 5.80. The van der Waals surface area contributed by atoms with Crippen LogP contribution in [0.2, 0.25) is 0 Å². The molecule has 2 unspecified atom stereocenters. The summed E-state index contributed by atoms with van der Waals surface area (Å²) in [5, 5.41) is 3.11. The van der Waals surface area contributed by atoms with Gasteiger partial charge in [-0.25, -0.2) is 0 Å². The first-order valence-corrected chi connectivity index (χ1v) is 6.38. The molecule has 3 aliphatic heterocycles. The van der Waals surface area contributed by atoms with E-state index < -0.39 is 0 Å². The fourth-order valence-corrected chi connectivity index (χ4v) is 2.90. The zero-order valence-corrected chi connectivity index (χ0v) is 9.93. The number of carbonyl (C=O) groups is 1. The van der Waals surface area contributed by atoms with Crippen LogP contribution in [0.15, 0.2) is 30.3 Å². The Morgan fingerprint density at radius 1 is 1.18 bits per heavy atom. The third kappa shape index (κ3) is 2.34. The van der Waals surface area contributed by atoms with Crippen LogP contribution in [0.1, 0.15) is 18.4 Å². The number of carbonyl (C=O) groups excluding carboxylic acids is 1. The number of fused-ring (bicyclic) bond motifs is 4. The van der Waals surface area contributed by atoms with Crippen molar-refractivity contribution in [2.24, 2.45) is 5.92 Å². The molecule has 17 heavy (non-hydrogen) atoms. The maximum Gasteiger partial charge on any atom is 0.224 e. The third-order valence-electron chi connectivity index (χ3n) is 3.79. The highest BCUT2D eigenvalue weighted by atomic mass is 16.2. The minimum atomic E-state index is 0.206. The van der Waals surface area contributed by atoms with Gasteiger partial charge >= 0.3 is 0 Å². The van der Waals surface area contributed by atoms with Crippen LogP contribution >= 0.6 is 0 Å². The summed E-state index contributed by atoms with van der Waals surface area (Å²) in [6, 6.07) is 10.9. The second kappa shape index (κ2) is 4.49. The van der Waals surface area contributed by atoms with Crippen LogP contribution < -0.4 is 5.32 Å². The van der Waals surface area contributed by atoms with Gasteiger partial charge in [0.05, 0.1) is 5.92 Å². The molecule has 0 radical (unpaired) electrons. The predicted molar refractivity (Wildman–Crippen MR) is 66.4 cm³/mol. The highest BCUT2D eigenvalue weighted by Gasteiger charge is 2.34. The molecule has 1 amide bonds. The van der Waals surface area contributed by atoms with Gasteiger partial charge in [-0.3, -0.25) is 9.69 Å². The molecule has 3 saturated heterocycles. The zero-order valence-electron chi connectivity index (χ0n) is 9.93. The summed E-state index contributed by atoms with van der Waals surface area (Å²) in [4.78, 5) is 14.1. The lowest BCUT2D eigenvalue weighted by Crippen LogP contribution is -2.43. The van der Waals surface area contributed by atoms with Gasteiger partial charge in [-0.05, 0) is 18.4 Å². The molecule has 4 rings (SSSR count). The Labute approximate surface area is 102 Å². The molecular formula is C14H18N2O. The van der Waals surface area contributed by atoms with Crippen molar-refractivity contribution in [1.29, 1.82) is 0 Å². The van der Waals surface area contributed by atoms with Crippen LogP contribution in [-0.2, 0) is 11.3 Å². The predicted octanol–water partition coefficient (Wildman–Crippen LogP) is 1.40. The number of hydrogen-bond acceptors (Lipinski definition) is 2. The Morgan fingerprint density at radius 3 is 2.76 bits per heavy atom. The summed E-state index contributed by atoms with van der Waals surface area (Å²) < 4.78 is 0. The minimum absolute atomic E-state index is 0.206. The summed E-state index contributed by atoms with van der Waals surface area (Å²) >= 11 is 0. The van der Waals surface area contributed by atoms with Gasteiger partial charge in [0, 0.05) is 25.7 Å². The van der Waals surface area contributed by atoms with Crippen molar-refractivity contribution in [2.75, 3.05) is 13.1 Å². The molecule has 90 valence electrons. The van der Waals surface area contributed by atoms with E-state index >= 15 is 0 Å².